The molecule has 0 aliphatic carbocycles. The summed E-state index contributed by atoms with van der Waals surface area (Å²) in [7, 11) is 6.46. The lowest BCUT2D eigenvalue weighted by Crippen LogP contribution is -2.39. The molecule has 228 valence electrons. The van der Waals surface area contributed by atoms with Crippen LogP contribution in [0.5, 0.6) is 40.2 Å². The first-order valence-electron chi connectivity index (χ1n) is 14.1. The molecule has 1 aliphatic rings. The first kappa shape index (κ1) is 31.1. The van der Waals surface area contributed by atoms with Gasteiger partial charge in [0, 0.05) is 19.6 Å². The number of ether oxygens (including phenoxy) is 7. The maximum Gasteiger partial charge on any atom is 0.203 e. The Morgan fingerprint density at radius 3 is 2.29 bits per heavy atom. The number of aliphatic hydroxyl groups excluding tert-OH is 1. The first-order chi connectivity index (χ1) is 20.5. The Hall–Kier alpha value is -3.86. The van der Waals surface area contributed by atoms with Crippen LogP contribution in [0.1, 0.15) is 11.1 Å². The molecular weight excluding hydrogens is 540 g/mol. The minimum absolute atomic E-state index is 0.121. The van der Waals surface area contributed by atoms with Gasteiger partial charge in [-0.2, -0.15) is 0 Å². The molecule has 0 bridgehead atoms. The van der Waals surface area contributed by atoms with Crippen LogP contribution in [0.4, 0.5) is 0 Å². The molecule has 42 heavy (non-hydrogen) atoms. The third-order valence-corrected chi connectivity index (χ3v) is 6.90. The molecule has 4 rings (SSSR count). The molecule has 0 saturated carbocycles. The number of hydrogen-bond acceptors (Lipinski definition) is 10. The van der Waals surface area contributed by atoms with Gasteiger partial charge in [-0.05, 0) is 66.9 Å². The first-order valence-corrected chi connectivity index (χ1v) is 14.1. The minimum Gasteiger partial charge on any atom is -0.493 e. The van der Waals surface area contributed by atoms with Crippen LogP contribution in [0.3, 0.4) is 0 Å². The van der Waals surface area contributed by atoms with Crippen molar-refractivity contribution in [2.24, 2.45) is 0 Å². The van der Waals surface area contributed by atoms with Gasteiger partial charge in [-0.3, -0.25) is 0 Å². The molecule has 3 aromatic carbocycles. The van der Waals surface area contributed by atoms with E-state index in [1.54, 1.807) is 28.4 Å². The van der Waals surface area contributed by atoms with Gasteiger partial charge in [-0.25, -0.2) is 0 Å². The molecule has 2 unspecified atom stereocenters. The Bertz CT molecular complexity index is 1250. The highest BCUT2D eigenvalue weighted by molar-refractivity contribution is 5.51. The number of benzene rings is 3. The van der Waals surface area contributed by atoms with Gasteiger partial charge in [0.1, 0.15) is 19.3 Å². The number of methoxy groups -OCH3 is 4. The van der Waals surface area contributed by atoms with Crippen molar-refractivity contribution in [2.75, 3.05) is 67.8 Å². The number of nitrogens with one attached hydrogen (secondary N) is 2. The molecule has 0 radical (unpaired) electrons. The summed E-state index contributed by atoms with van der Waals surface area (Å²) in [5.74, 6) is 4.67. The SMILES string of the molecule is COc1ccc(CCNCC(O)Cc2ccc3c(c2)OCC(CNCCOc2c(OC)cccc2OC)O3)cc1OC. The average molecular weight is 583 g/mol. The van der Waals surface area contributed by atoms with Gasteiger partial charge >= 0.3 is 0 Å². The van der Waals surface area contributed by atoms with Crippen molar-refractivity contribution in [2.45, 2.75) is 25.0 Å². The summed E-state index contributed by atoms with van der Waals surface area (Å²) >= 11 is 0. The zero-order chi connectivity index (χ0) is 29.7. The highest BCUT2D eigenvalue weighted by atomic mass is 16.6. The van der Waals surface area contributed by atoms with Crippen LogP contribution >= 0.6 is 0 Å². The van der Waals surface area contributed by atoms with Crippen LogP contribution in [-0.2, 0) is 12.8 Å². The summed E-state index contributed by atoms with van der Waals surface area (Å²) in [6, 6.07) is 17.2. The predicted octanol–water partition coefficient (Wildman–Crippen LogP) is 3.27. The lowest BCUT2D eigenvalue weighted by atomic mass is 10.1. The van der Waals surface area contributed by atoms with E-state index in [1.807, 2.05) is 54.6 Å². The van der Waals surface area contributed by atoms with Crippen molar-refractivity contribution in [3.63, 3.8) is 0 Å². The van der Waals surface area contributed by atoms with Crippen LogP contribution in [0.25, 0.3) is 0 Å². The zero-order valence-corrected chi connectivity index (χ0v) is 24.8. The quantitative estimate of drug-likeness (QED) is 0.205. The Morgan fingerprint density at radius 1 is 0.810 bits per heavy atom. The third-order valence-electron chi connectivity index (χ3n) is 6.90. The Kier molecular flexibility index (Phi) is 11.8. The van der Waals surface area contributed by atoms with Crippen molar-refractivity contribution >= 4 is 0 Å². The molecule has 0 fully saturated rings. The topological polar surface area (TPSA) is 109 Å². The number of rotatable bonds is 17. The predicted molar refractivity (Wildman–Crippen MR) is 160 cm³/mol. The second-order valence-electron chi connectivity index (χ2n) is 9.88. The van der Waals surface area contributed by atoms with Gasteiger partial charge in [0.05, 0.1) is 34.5 Å². The van der Waals surface area contributed by atoms with Crippen molar-refractivity contribution in [1.82, 2.24) is 10.6 Å². The molecule has 2 atom stereocenters. The third kappa shape index (κ3) is 8.58. The largest absolute Gasteiger partial charge is 0.493 e. The number of para-hydroxylation sites is 1. The summed E-state index contributed by atoms with van der Waals surface area (Å²) in [5, 5.41) is 17.2. The Morgan fingerprint density at radius 2 is 1.55 bits per heavy atom. The van der Waals surface area contributed by atoms with E-state index in [-0.39, 0.29) is 6.10 Å². The zero-order valence-electron chi connectivity index (χ0n) is 24.8. The van der Waals surface area contributed by atoms with Crippen molar-refractivity contribution in [1.29, 1.82) is 0 Å². The van der Waals surface area contributed by atoms with Gasteiger partial charge in [0.25, 0.3) is 0 Å². The lowest BCUT2D eigenvalue weighted by molar-refractivity contribution is 0.0894. The van der Waals surface area contributed by atoms with Crippen LogP contribution in [0, 0.1) is 0 Å². The van der Waals surface area contributed by atoms with Crippen LogP contribution in [0.15, 0.2) is 54.6 Å². The minimum atomic E-state index is -0.520. The lowest BCUT2D eigenvalue weighted by Gasteiger charge is -2.27. The maximum atomic E-state index is 10.6. The van der Waals surface area contributed by atoms with Crippen molar-refractivity contribution in [3.05, 3.63) is 65.7 Å². The Labute approximate surface area is 247 Å². The fourth-order valence-electron chi connectivity index (χ4n) is 4.72. The van der Waals surface area contributed by atoms with E-state index in [1.165, 1.54) is 0 Å². The number of hydrogen-bond donors (Lipinski definition) is 3. The van der Waals surface area contributed by atoms with E-state index >= 15 is 0 Å². The van der Waals surface area contributed by atoms with Gasteiger partial charge in [-0.1, -0.05) is 18.2 Å². The number of aliphatic hydroxyl groups is 1. The highest BCUT2D eigenvalue weighted by Gasteiger charge is 2.21. The van der Waals surface area contributed by atoms with Gasteiger partial charge in [0.15, 0.2) is 34.5 Å². The molecule has 3 N–H and O–H groups in total. The van der Waals surface area contributed by atoms with E-state index in [4.69, 9.17) is 33.2 Å². The molecule has 0 saturated heterocycles. The molecule has 10 heteroatoms. The second-order valence-corrected chi connectivity index (χ2v) is 9.88. The van der Waals surface area contributed by atoms with Gasteiger partial charge < -0.3 is 48.9 Å². The smallest absolute Gasteiger partial charge is 0.203 e. The summed E-state index contributed by atoms with van der Waals surface area (Å²) in [5.41, 5.74) is 2.13. The van der Waals surface area contributed by atoms with Gasteiger partial charge in [0.2, 0.25) is 5.75 Å². The van der Waals surface area contributed by atoms with Crippen LogP contribution < -0.4 is 43.8 Å². The molecule has 0 aromatic heterocycles. The van der Waals surface area contributed by atoms with E-state index < -0.39 is 6.10 Å². The van der Waals surface area contributed by atoms with Crippen LogP contribution in [-0.4, -0.2) is 85.1 Å². The maximum absolute atomic E-state index is 10.6. The standard InChI is InChI=1S/C32H42N2O8/c1-36-26-10-8-22(17-30(26)39-4)12-13-33-19-24(35)16-23-9-11-27-31(18-23)41-21-25(42-27)20-34-14-15-40-32-28(37-2)6-5-7-29(32)38-3/h5-11,17-18,24-25,33-35H,12-16,19-21H2,1-4H3. The number of fused-ring (bicyclic) bond motifs is 1. The van der Waals surface area contributed by atoms with E-state index in [0.717, 1.165) is 24.1 Å². The molecule has 10 nitrogen and oxygen atoms in total. The summed E-state index contributed by atoms with van der Waals surface area (Å²) in [6.07, 6.45) is 0.691. The van der Waals surface area contributed by atoms with E-state index in [9.17, 15) is 5.11 Å². The summed E-state index contributed by atoms with van der Waals surface area (Å²) in [4.78, 5) is 0. The summed E-state index contributed by atoms with van der Waals surface area (Å²) in [6.45, 7) is 3.34. The molecule has 0 spiro atoms. The molecule has 3 aromatic rings. The second kappa shape index (κ2) is 16.0. The van der Waals surface area contributed by atoms with E-state index in [2.05, 4.69) is 10.6 Å². The fraction of sp³-hybridized carbons (Fsp3) is 0.438. The van der Waals surface area contributed by atoms with Crippen molar-refractivity contribution in [3.8, 4) is 40.2 Å². The van der Waals surface area contributed by atoms with Crippen LogP contribution in [0.2, 0.25) is 0 Å². The Balaban J connectivity index is 1.14. The van der Waals surface area contributed by atoms with Gasteiger partial charge in [-0.15, -0.1) is 0 Å². The molecule has 0 amide bonds. The monoisotopic (exact) mass is 582 g/mol. The molecule has 1 aliphatic heterocycles. The normalized spacial score (nSPS) is 14.6. The van der Waals surface area contributed by atoms with E-state index in [0.29, 0.717) is 79.5 Å². The highest BCUT2D eigenvalue weighted by Crippen LogP contribution is 2.36. The van der Waals surface area contributed by atoms with Crippen molar-refractivity contribution < 1.29 is 38.3 Å². The molecular formula is C32H42N2O8. The summed E-state index contributed by atoms with van der Waals surface area (Å²) < 4.78 is 39.4. The average Bonchev–Trinajstić information content (AvgIpc) is 3.02. The molecule has 1 heterocycles. The fourth-order valence-corrected chi connectivity index (χ4v) is 4.72.